The maximum atomic E-state index is 14.3. The van der Waals surface area contributed by atoms with Crippen LogP contribution in [-0.2, 0) is 12.1 Å². The third-order valence-corrected chi connectivity index (χ3v) is 5.16. The molecule has 0 saturated heterocycles. The second-order valence-electron chi connectivity index (χ2n) is 7.20. The number of fused-ring (bicyclic) bond motifs is 1. The molecule has 0 fully saturated rings. The summed E-state index contributed by atoms with van der Waals surface area (Å²) in [7, 11) is 1.54. The predicted octanol–water partition coefficient (Wildman–Crippen LogP) is 5.60. The van der Waals surface area contributed by atoms with E-state index in [0.29, 0.717) is 10.2 Å². The Hall–Kier alpha value is -2.66. The third kappa shape index (κ3) is 4.12. The summed E-state index contributed by atoms with van der Waals surface area (Å²) < 4.78 is 48.5. The van der Waals surface area contributed by atoms with Crippen molar-refractivity contribution < 1.29 is 22.7 Å². The monoisotopic (exact) mass is 480 g/mol. The van der Waals surface area contributed by atoms with E-state index in [-0.39, 0.29) is 23.7 Å². The van der Waals surface area contributed by atoms with Crippen LogP contribution in [0.1, 0.15) is 25.0 Å². The van der Waals surface area contributed by atoms with Crippen molar-refractivity contribution in [2.45, 2.75) is 32.1 Å². The van der Waals surface area contributed by atoms with Gasteiger partial charge in [0.2, 0.25) is 5.54 Å². The van der Waals surface area contributed by atoms with E-state index in [1.54, 1.807) is 38.1 Å². The number of rotatable bonds is 3. The largest absolute Gasteiger partial charge is 0.497 e. The second kappa shape index (κ2) is 8.23. The van der Waals surface area contributed by atoms with E-state index in [1.807, 2.05) is 0 Å². The zero-order chi connectivity index (χ0) is 22.1. The van der Waals surface area contributed by atoms with Gasteiger partial charge in [-0.1, -0.05) is 59.8 Å². The minimum atomic E-state index is -4.81. The van der Waals surface area contributed by atoms with Gasteiger partial charge in [-0.05, 0) is 29.8 Å². The molecular weight excluding hydrogens is 461 g/mol. The van der Waals surface area contributed by atoms with Crippen LogP contribution in [0.25, 0.3) is 0 Å². The maximum Gasteiger partial charge on any atom is 0.427 e. The number of benzene rings is 2. The van der Waals surface area contributed by atoms with Crippen molar-refractivity contribution in [1.29, 1.82) is 0 Å². The van der Waals surface area contributed by atoms with Gasteiger partial charge in [0.1, 0.15) is 5.75 Å². The molecule has 1 unspecified atom stereocenters. The van der Waals surface area contributed by atoms with Crippen LogP contribution in [0, 0.1) is 17.8 Å². The van der Waals surface area contributed by atoms with Crippen molar-refractivity contribution in [1.82, 2.24) is 5.32 Å². The average molecular weight is 481 g/mol. The number of hydrogen-bond donors (Lipinski definition) is 1. The number of hydrogen-bond acceptors (Lipinski definition) is 2. The summed E-state index contributed by atoms with van der Waals surface area (Å²) in [6.07, 6.45) is -4.81. The number of anilines is 1. The van der Waals surface area contributed by atoms with Crippen LogP contribution in [0.4, 0.5) is 23.7 Å². The van der Waals surface area contributed by atoms with Crippen LogP contribution in [0.15, 0.2) is 46.9 Å². The van der Waals surface area contributed by atoms with Gasteiger partial charge in [0.25, 0.3) is 0 Å². The van der Waals surface area contributed by atoms with Crippen LogP contribution in [0.5, 0.6) is 5.75 Å². The summed E-state index contributed by atoms with van der Waals surface area (Å²) in [6, 6.07) is 10.5. The highest BCUT2D eigenvalue weighted by Gasteiger charge is 2.60. The molecule has 1 atom stereocenters. The molecule has 1 N–H and O–H groups in total. The summed E-state index contributed by atoms with van der Waals surface area (Å²) >= 11 is 3.30. The van der Waals surface area contributed by atoms with Crippen molar-refractivity contribution in [3.8, 4) is 17.6 Å². The SMILES string of the molecule is COc1ccc(CN2C(=O)NC(C#CC(C)C)(C(F)(F)F)c3ccc(Br)cc32)cc1. The first-order chi connectivity index (χ1) is 14.1. The van der Waals surface area contributed by atoms with E-state index in [0.717, 1.165) is 5.56 Å². The average Bonchev–Trinajstić information content (AvgIpc) is 2.68. The minimum absolute atomic E-state index is 0.0881. The molecule has 8 heteroatoms. The molecule has 1 aliphatic heterocycles. The summed E-state index contributed by atoms with van der Waals surface area (Å²) in [6.45, 7) is 3.48. The van der Waals surface area contributed by atoms with Crippen LogP contribution >= 0.6 is 15.9 Å². The zero-order valence-electron chi connectivity index (χ0n) is 16.6. The van der Waals surface area contributed by atoms with Crippen molar-refractivity contribution in [3.63, 3.8) is 0 Å². The minimum Gasteiger partial charge on any atom is -0.497 e. The number of carbonyl (C=O) groups is 1. The second-order valence-corrected chi connectivity index (χ2v) is 8.11. The van der Waals surface area contributed by atoms with Gasteiger partial charge in [-0.3, -0.25) is 4.90 Å². The van der Waals surface area contributed by atoms with Gasteiger partial charge in [0.05, 0.1) is 19.3 Å². The fourth-order valence-corrected chi connectivity index (χ4v) is 3.51. The molecule has 0 radical (unpaired) electrons. The Balaban J connectivity index is 2.14. The Morgan fingerprint density at radius 1 is 1.20 bits per heavy atom. The van der Waals surface area contributed by atoms with Crippen molar-refractivity contribution in [2.75, 3.05) is 12.0 Å². The van der Waals surface area contributed by atoms with E-state index in [1.165, 1.54) is 30.2 Å². The topological polar surface area (TPSA) is 41.6 Å². The highest BCUT2D eigenvalue weighted by atomic mass is 79.9. The smallest absolute Gasteiger partial charge is 0.427 e. The molecule has 1 heterocycles. The van der Waals surface area contributed by atoms with Gasteiger partial charge in [-0.25, -0.2) is 4.79 Å². The lowest BCUT2D eigenvalue weighted by Crippen LogP contribution is -2.62. The van der Waals surface area contributed by atoms with Gasteiger partial charge in [0.15, 0.2) is 0 Å². The van der Waals surface area contributed by atoms with Crippen LogP contribution in [-0.4, -0.2) is 19.3 Å². The highest BCUT2D eigenvalue weighted by molar-refractivity contribution is 9.10. The number of alkyl halides is 3. The molecule has 3 rings (SSSR count). The standard InChI is InChI=1S/C22H20BrF3N2O2/c1-14(2)10-11-21(22(24,25)26)18-9-6-16(23)12-19(18)28(20(29)27-21)13-15-4-7-17(30-3)8-5-15/h4-9,12,14H,13H2,1-3H3,(H,27,29). The number of urea groups is 1. The number of ether oxygens (including phenoxy) is 1. The van der Waals surface area contributed by atoms with Gasteiger partial charge in [0, 0.05) is 16.0 Å². The normalized spacial score (nSPS) is 18.4. The lowest BCUT2D eigenvalue weighted by molar-refractivity contribution is -0.179. The number of nitrogens with one attached hydrogen (secondary N) is 1. The number of halogens is 4. The number of methoxy groups -OCH3 is 1. The zero-order valence-corrected chi connectivity index (χ0v) is 18.2. The molecule has 0 aliphatic carbocycles. The molecule has 0 bridgehead atoms. The number of amides is 2. The van der Waals surface area contributed by atoms with Gasteiger partial charge in [-0.2, -0.15) is 13.2 Å². The number of carbonyl (C=O) groups excluding carboxylic acids is 1. The molecular formula is C22H20BrF3N2O2. The summed E-state index contributed by atoms with van der Waals surface area (Å²) in [5.41, 5.74) is -2.00. The summed E-state index contributed by atoms with van der Waals surface area (Å²) in [5.74, 6) is 5.25. The van der Waals surface area contributed by atoms with Gasteiger partial charge < -0.3 is 10.1 Å². The van der Waals surface area contributed by atoms with Crippen LogP contribution in [0.2, 0.25) is 0 Å². The molecule has 2 amide bonds. The Morgan fingerprint density at radius 2 is 1.87 bits per heavy atom. The third-order valence-electron chi connectivity index (χ3n) is 4.67. The molecule has 4 nitrogen and oxygen atoms in total. The van der Waals surface area contributed by atoms with E-state index in [2.05, 4.69) is 33.1 Å². The van der Waals surface area contributed by atoms with Crippen molar-refractivity contribution in [2.24, 2.45) is 5.92 Å². The van der Waals surface area contributed by atoms with Gasteiger partial charge in [-0.15, -0.1) is 0 Å². The molecule has 0 aromatic heterocycles. The Kier molecular flexibility index (Phi) is 6.04. The summed E-state index contributed by atoms with van der Waals surface area (Å²) in [5, 5.41) is 2.14. The van der Waals surface area contributed by atoms with Crippen molar-refractivity contribution >= 4 is 27.6 Å². The fourth-order valence-electron chi connectivity index (χ4n) is 3.17. The quantitative estimate of drug-likeness (QED) is 0.580. The lowest BCUT2D eigenvalue weighted by atomic mass is 9.85. The van der Waals surface area contributed by atoms with Crippen LogP contribution in [0.3, 0.4) is 0 Å². The molecule has 2 aromatic carbocycles. The first kappa shape index (κ1) is 22.0. The molecule has 2 aromatic rings. The lowest BCUT2D eigenvalue weighted by Gasteiger charge is -2.42. The van der Waals surface area contributed by atoms with Crippen molar-refractivity contribution in [3.05, 3.63) is 58.1 Å². The Morgan fingerprint density at radius 3 is 2.43 bits per heavy atom. The van der Waals surface area contributed by atoms with E-state index in [4.69, 9.17) is 4.74 Å². The molecule has 0 spiro atoms. The molecule has 1 aliphatic rings. The fraction of sp³-hybridized carbons (Fsp3) is 0.318. The summed E-state index contributed by atoms with van der Waals surface area (Å²) in [4.78, 5) is 14.2. The Bertz CT molecular complexity index is 1010. The molecule has 0 saturated carbocycles. The Labute approximate surface area is 181 Å². The van der Waals surface area contributed by atoms with E-state index < -0.39 is 17.7 Å². The highest BCUT2D eigenvalue weighted by Crippen LogP contribution is 2.46. The predicted molar refractivity (Wildman–Crippen MR) is 112 cm³/mol. The molecule has 30 heavy (non-hydrogen) atoms. The molecule has 158 valence electrons. The van der Waals surface area contributed by atoms with E-state index in [9.17, 15) is 18.0 Å². The van der Waals surface area contributed by atoms with Crippen LogP contribution < -0.4 is 15.0 Å². The van der Waals surface area contributed by atoms with E-state index >= 15 is 0 Å². The number of nitrogens with zero attached hydrogens (tertiary/aromatic N) is 1. The van der Waals surface area contributed by atoms with Gasteiger partial charge >= 0.3 is 12.2 Å². The maximum absolute atomic E-state index is 14.3. The first-order valence-corrected chi connectivity index (χ1v) is 9.99. The first-order valence-electron chi connectivity index (χ1n) is 9.19.